The largest absolute Gasteiger partial charge is 0.330 e. The van der Waals surface area contributed by atoms with Gasteiger partial charge in [0.25, 0.3) is 0 Å². The molecule has 0 aromatic carbocycles. The molecule has 1 aliphatic rings. The highest BCUT2D eigenvalue weighted by atomic mass is 32.1. The van der Waals surface area contributed by atoms with Gasteiger partial charge in [-0.3, -0.25) is 4.79 Å². The molecule has 4 heteroatoms. The quantitative estimate of drug-likeness (QED) is 0.678. The Kier molecular flexibility index (Phi) is 2.02. The van der Waals surface area contributed by atoms with Gasteiger partial charge in [0.1, 0.15) is 0 Å². The summed E-state index contributed by atoms with van der Waals surface area (Å²) in [7, 11) is 0. The fraction of sp³-hybridized carbons (Fsp3) is 0.625. The van der Waals surface area contributed by atoms with E-state index in [0.29, 0.717) is 12.5 Å². The summed E-state index contributed by atoms with van der Waals surface area (Å²) in [6, 6.07) is 0. The topological polar surface area (TPSA) is 58.9 Å². The molecule has 1 aromatic rings. The van der Waals surface area contributed by atoms with Crippen LogP contribution in [-0.4, -0.2) is 11.5 Å². The first-order chi connectivity index (χ1) is 5.81. The molecule has 1 aromatic heterocycles. The van der Waals surface area contributed by atoms with E-state index < -0.39 is 0 Å². The number of rotatable bonds is 1. The van der Waals surface area contributed by atoms with Crippen molar-refractivity contribution in [2.24, 2.45) is 5.73 Å². The molecule has 1 heterocycles. The van der Waals surface area contributed by atoms with E-state index in [9.17, 15) is 4.79 Å². The summed E-state index contributed by atoms with van der Waals surface area (Å²) in [5, 5.41) is 0. The minimum Gasteiger partial charge on any atom is -0.330 e. The molecule has 0 aliphatic heterocycles. The minimum absolute atomic E-state index is 0.0698. The van der Waals surface area contributed by atoms with Crippen LogP contribution in [0.25, 0.3) is 0 Å². The second-order valence-electron chi connectivity index (χ2n) is 3.18. The average Bonchev–Trinajstić information content (AvgIpc) is 2.44. The van der Waals surface area contributed by atoms with Crippen LogP contribution in [0.5, 0.6) is 0 Å². The molecule has 3 N–H and O–H groups in total. The van der Waals surface area contributed by atoms with E-state index in [0.717, 1.165) is 25.0 Å². The maximum absolute atomic E-state index is 11.0. The van der Waals surface area contributed by atoms with Crippen molar-refractivity contribution in [2.45, 2.75) is 25.2 Å². The van der Waals surface area contributed by atoms with Crippen molar-refractivity contribution in [1.82, 2.24) is 4.98 Å². The molecular weight excluding hydrogens is 172 g/mol. The zero-order valence-electron chi connectivity index (χ0n) is 6.80. The molecule has 0 saturated carbocycles. The Morgan fingerprint density at radius 2 is 2.50 bits per heavy atom. The van der Waals surface area contributed by atoms with Gasteiger partial charge in [-0.2, -0.15) is 0 Å². The maximum atomic E-state index is 11.0. The molecule has 1 aliphatic carbocycles. The van der Waals surface area contributed by atoms with Gasteiger partial charge in [0.05, 0.1) is 0 Å². The summed E-state index contributed by atoms with van der Waals surface area (Å²) in [5.74, 6) is 0.428. The summed E-state index contributed by atoms with van der Waals surface area (Å²) in [4.78, 5) is 15.2. The molecule has 0 radical (unpaired) electrons. The van der Waals surface area contributed by atoms with Crippen molar-refractivity contribution in [2.75, 3.05) is 6.54 Å². The Morgan fingerprint density at radius 3 is 3.25 bits per heavy atom. The number of fused-ring (bicyclic) bond motifs is 1. The predicted octanol–water partition coefficient (Wildman–Crippen LogP) is 0.815. The van der Waals surface area contributed by atoms with E-state index in [-0.39, 0.29) is 4.87 Å². The first-order valence-electron chi connectivity index (χ1n) is 4.23. The highest BCUT2D eigenvalue weighted by Gasteiger charge is 2.21. The highest BCUT2D eigenvalue weighted by Crippen LogP contribution is 2.31. The van der Waals surface area contributed by atoms with Crippen LogP contribution in [0.4, 0.5) is 0 Å². The first kappa shape index (κ1) is 8.01. The molecule has 0 saturated heterocycles. The van der Waals surface area contributed by atoms with Gasteiger partial charge in [-0.15, -0.1) is 0 Å². The fourth-order valence-corrected chi connectivity index (χ4v) is 2.80. The van der Waals surface area contributed by atoms with Crippen molar-refractivity contribution in [1.29, 1.82) is 0 Å². The highest BCUT2D eigenvalue weighted by molar-refractivity contribution is 7.09. The van der Waals surface area contributed by atoms with Crippen LogP contribution in [0.3, 0.4) is 0 Å². The molecule has 0 fully saturated rings. The second-order valence-corrected chi connectivity index (χ2v) is 4.20. The molecule has 0 bridgehead atoms. The molecule has 0 spiro atoms. The van der Waals surface area contributed by atoms with Gasteiger partial charge in [-0.1, -0.05) is 11.3 Å². The lowest BCUT2D eigenvalue weighted by Crippen LogP contribution is -2.16. The number of hydrogen-bond acceptors (Lipinski definition) is 3. The van der Waals surface area contributed by atoms with Crippen molar-refractivity contribution in [3.63, 3.8) is 0 Å². The molecule has 1 atom stereocenters. The molecule has 66 valence electrons. The van der Waals surface area contributed by atoms with Crippen LogP contribution in [0.2, 0.25) is 0 Å². The summed E-state index contributed by atoms with van der Waals surface area (Å²) < 4.78 is 0. The van der Waals surface area contributed by atoms with Gasteiger partial charge in [0.2, 0.25) is 0 Å². The van der Waals surface area contributed by atoms with Crippen LogP contribution in [-0.2, 0) is 6.42 Å². The number of H-pyrrole nitrogens is 1. The van der Waals surface area contributed by atoms with Crippen LogP contribution < -0.4 is 10.6 Å². The van der Waals surface area contributed by atoms with Gasteiger partial charge in [0, 0.05) is 23.0 Å². The number of thiazole rings is 1. The number of hydrogen-bond donors (Lipinski definition) is 2. The van der Waals surface area contributed by atoms with E-state index in [1.165, 1.54) is 16.2 Å². The number of nitrogens with two attached hydrogens (primary N) is 1. The van der Waals surface area contributed by atoms with Gasteiger partial charge >= 0.3 is 4.87 Å². The second kappa shape index (κ2) is 3.03. The van der Waals surface area contributed by atoms with Crippen molar-refractivity contribution in [3.8, 4) is 0 Å². The zero-order chi connectivity index (χ0) is 8.55. The van der Waals surface area contributed by atoms with Crippen molar-refractivity contribution in [3.05, 3.63) is 20.2 Å². The molecule has 2 rings (SSSR count). The van der Waals surface area contributed by atoms with Crippen LogP contribution >= 0.6 is 11.3 Å². The van der Waals surface area contributed by atoms with Gasteiger partial charge < -0.3 is 10.7 Å². The molecule has 3 nitrogen and oxygen atoms in total. The minimum atomic E-state index is 0.0698. The third kappa shape index (κ3) is 1.21. The van der Waals surface area contributed by atoms with Crippen molar-refractivity contribution < 1.29 is 0 Å². The molecular formula is C8H12N2OS. The normalized spacial score (nSPS) is 22.2. The zero-order valence-corrected chi connectivity index (χ0v) is 7.62. The Balaban J connectivity index is 2.43. The van der Waals surface area contributed by atoms with Gasteiger partial charge in [-0.25, -0.2) is 0 Å². The maximum Gasteiger partial charge on any atom is 0.304 e. The first-order valence-corrected chi connectivity index (χ1v) is 5.05. The standard InChI is InChI=1S/C8H12N2OS/c9-4-5-2-1-3-6-7(5)12-8(11)10-6/h5H,1-4,9H2,(H,10,11). The number of aryl methyl sites for hydroxylation is 1. The van der Waals surface area contributed by atoms with Crippen LogP contribution in [0, 0.1) is 0 Å². The molecule has 0 amide bonds. The van der Waals surface area contributed by atoms with Crippen molar-refractivity contribution >= 4 is 11.3 Å². The van der Waals surface area contributed by atoms with Gasteiger partial charge in [0.15, 0.2) is 0 Å². The van der Waals surface area contributed by atoms with Gasteiger partial charge in [-0.05, 0) is 19.3 Å². The Labute approximate surface area is 74.6 Å². The van der Waals surface area contributed by atoms with E-state index in [4.69, 9.17) is 5.73 Å². The monoisotopic (exact) mass is 184 g/mol. The lowest BCUT2D eigenvalue weighted by molar-refractivity contribution is 0.563. The number of nitrogens with one attached hydrogen (secondary N) is 1. The third-order valence-corrected chi connectivity index (χ3v) is 3.47. The van der Waals surface area contributed by atoms with E-state index >= 15 is 0 Å². The molecule has 1 unspecified atom stereocenters. The molecule has 12 heavy (non-hydrogen) atoms. The Morgan fingerprint density at radius 1 is 1.67 bits per heavy atom. The number of aromatic nitrogens is 1. The lowest BCUT2D eigenvalue weighted by atomic mass is 9.92. The Hall–Kier alpha value is -0.610. The fourth-order valence-electron chi connectivity index (χ4n) is 1.77. The summed E-state index contributed by atoms with van der Waals surface area (Å²) in [6.45, 7) is 0.667. The van der Waals surface area contributed by atoms with Crippen LogP contribution in [0.15, 0.2) is 4.79 Å². The summed E-state index contributed by atoms with van der Waals surface area (Å²) in [6.07, 6.45) is 3.31. The van der Waals surface area contributed by atoms with E-state index in [1.807, 2.05) is 0 Å². The van der Waals surface area contributed by atoms with E-state index in [2.05, 4.69) is 4.98 Å². The third-order valence-electron chi connectivity index (χ3n) is 2.39. The summed E-state index contributed by atoms with van der Waals surface area (Å²) >= 11 is 1.33. The lowest BCUT2D eigenvalue weighted by Gasteiger charge is -2.19. The van der Waals surface area contributed by atoms with E-state index in [1.54, 1.807) is 0 Å². The Bertz CT molecular complexity index is 328. The predicted molar refractivity (Wildman–Crippen MR) is 49.7 cm³/mol. The summed E-state index contributed by atoms with van der Waals surface area (Å²) in [5.41, 5.74) is 6.75. The van der Waals surface area contributed by atoms with Crippen LogP contribution in [0.1, 0.15) is 29.3 Å². The SMILES string of the molecule is NCC1CCCc2[nH]c(=O)sc21. The average molecular weight is 184 g/mol. The number of aromatic amines is 1. The smallest absolute Gasteiger partial charge is 0.304 e.